The van der Waals surface area contributed by atoms with Crippen LogP contribution in [-0.4, -0.2) is 152 Å². The molecule has 3 N–H and O–H groups in total. The van der Waals surface area contributed by atoms with E-state index in [0.717, 1.165) is 169 Å². The van der Waals surface area contributed by atoms with Crippen LogP contribution >= 0.6 is 7.82 Å². The van der Waals surface area contributed by atoms with Crippen LogP contribution in [0.3, 0.4) is 0 Å². The molecule has 0 saturated heterocycles. The molecule has 484 valence electrons. The van der Waals surface area contributed by atoms with Gasteiger partial charge in [0, 0.05) is 58.2 Å². The standard InChI is InChI=1S/C66H135N6O7P.ClH/c1-10-13-16-19-22-25-28-31-34-37-49-64(73)67-52-40-43-55-70(4,5)58-46-61-77-80(76,78-62-47-59-71(6,7)56-44-41-53-68-65(74)50-38-35-32-29-26-23-20-17-14-11-2)79-63-48-60-72(8,9)57-45-42-54-69-66(75)51-39-36-33-30-27-24-21-18-15-12-3;/h10-63H2,1-9H3;1H/p+2. The molecule has 0 rings (SSSR count). The minimum atomic E-state index is -3.79. The van der Waals surface area contributed by atoms with E-state index in [-0.39, 0.29) is 30.1 Å². The largest absolute Gasteiger partial charge is 1.00 e. The predicted octanol–water partition coefficient (Wildman–Crippen LogP) is 13.2. The van der Waals surface area contributed by atoms with Crippen molar-refractivity contribution in [3.63, 3.8) is 0 Å². The van der Waals surface area contributed by atoms with Crippen LogP contribution in [0.15, 0.2) is 0 Å². The van der Waals surface area contributed by atoms with Crippen molar-refractivity contribution >= 4 is 25.5 Å². The molecule has 0 spiro atoms. The van der Waals surface area contributed by atoms with Crippen LogP contribution in [0.5, 0.6) is 0 Å². The number of phosphoric acid groups is 1. The summed E-state index contributed by atoms with van der Waals surface area (Å²) in [5.74, 6) is 0.544. The molecule has 0 aliphatic heterocycles. The first-order chi connectivity index (χ1) is 38.5. The van der Waals surface area contributed by atoms with E-state index in [1.165, 1.54) is 154 Å². The van der Waals surface area contributed by atoms with Gasteiger partial charge in [-0.3, -0.25) is 28.0 Å². The van der Waals surface area contributed by atoms with Crippen LogP contribution < -0.4 is 28.4 Å². The smallest absolute Gasteiger partial charge is 0.474 e. The predicted molar refractivity (Wildman–Crippen MR) is 341 cm³/mol. The number of nitrogens with one attached hydrogen (secondary N) is 3. The molecule has 0 bridgehead atoms. The lowest BCUT2D eigenvalue weighted by molar-refractivity contribution is -0.890. The number of carbonyl (C=O) groups excluding carboxylic acids is 3. The van der Waals surface area contributed by atoms with Crippen molar-refractivity contribution in [2.24, 2.45) is 0 Å². The fourth-order valence-corrected chi connectivity index (χ4v) is 12.0. The SMILES string of the molecule is CCCCCCCCCCCCC(=O)NCCCC[N+](C)(C)CCCOP(=O)(OCCC[N+](C)(C)CCCCNC(=O)CCCCCCCCCCCC)OCCC[N+](C)(C)CCCCNC(=O)CCCCCCCCCCCC.[Cl-]. The van der Waals surface area contributed by atoms with Crippen LogP contribution in [0.2, 0.25) is 0 Å². The number of nitrogens with zero attached hydrogens (tertiary/aromatic N) is 3. The molecular weight excluding hydrogens is 1060 g/mol. The average Bonchev–Trinajstić information content (AvgIpc) is 3.41. The van der Waals surface area contributed by atoms with E-state index in [1.54, 1.807) is 0 Å². The number of phosphoric ester groups is 1. The maximum Gasteiger partial charge on any atom is 0.474 e. The van der Waals surface area contributed by atoms with Gasteiger partial charge >= 0.3 is 7.82 Å². The maximum absolute atomic E-state index is 14.2. The van der Waals surface area contributed by atoms with Crippen molar-refractivity contribution < 1.29 is 58.4 Å². The highest BCUT2D eigenvalue weighted by Gasteiger charge is 2.29. The van der Waals surface area contributed by atoms with Crippen LogP contribution in [0.1, 0.15) is 290 Å². The Hall–Kier alpha value is -1.31. The second-order valence-electron chi connectivity index (χ2n) is 26.1. The van der Waals surface area contributed by atoms with Crippen LogP contribution in [0.4, 0.5) is 0 Å². The van der Waals surface area contributed by atoms with Gasteiger partial charge in [-0.05, 0) is 57.8 Å². The van der Waals surface area contributed by atoms with E-state index in [4.69, 9.17) is 13.6 Å². The molecule has 81 heavy (non-hydrogen) atoms. The highest BCUT2D eigenvalue weighted by atomic mass is 35.5. The van der Waals surface area contributed by atoms with Crippen LogP contribution in [-0.2, 0) is 32.5 Å². The number of hydrogen-bond acceptors (Lipinski definition) is 7. The van der Waals surface area contributed by atoms with Gasteiger partial charge in [-0.25, -0.2) is 4.57 Å². The number of amides is 3. The molecule has 0 heterocycles. The van der Waals surface area contributed by atoms with E-state index in [9.17, 15) is 18.9 Å². The monoisotopic (exact) mass is 1190 g/mol. The van der Waals surface area contributed by atoms with Crippen molar-refractivity contribution in [3.8, 4) is 0 Å². The van der Waals surface area contributed by atoms with E-state index in [2.05, 4.69) is 79.0 Å². The molecule has 13 nitrogen and oxygen atoms in total. The minimum absolute atomic E-state index is 0. The fraction of sp³-hybridized carbons (Fsp3) is 0.955. The molecule has 15 heteroatoms. The van der Waals surface area contributed by atoms with Gasteiger partial charge in [0.1, 0.15) is 0 Å². The quantitative estimate of drug-likeness (QED) is 0.0314. The summed E-state index contributed by atoms with van der Waals surface area (Å²) >= 11 is 0. The first-order valence-corrected chi connectivity index (χ1v) is 35.7. The van der Waals surface area contributed by atoms with Crippen molar-refractivity contribution in [3.05, 3.63) is 0 Å². The molecule has 3 amide bonds. The Morgan fingerprint density at radius 3 is 0.716 bits per heavy atom. The average molecular weight is 1190 g/mol. The van der Waals surface area contributed by atoms with Gasteiger partial charge in [-0.2, -0.15) is 0 Å². The summed E-state index contributed by atoms with van der Waals surface area (Å²) in [5, 5.41) is 9.41. The summed E-state index contributed by atoms with van der Waals surface area (Å²) in [4.78, 5) is 37.3. The zero-order chi connectivity index (χ0) is 59.2. The van der Waals surface area contributed by atoms with Gasteiger partial charge in [-0.15, -0.1) is 0 Å². The molecule has 0 aromatic heterocycles. The van der Waals surface area contributed by atoms with E-state index in [1.807, 2.05) is 0 Å². The lowest BCUT2D eigenvalue weighted by Crippen LogP contribution is -3.00. The summed E-state index contributed by atoms with van der Waals surface area (Å²) in [7, 11) is 9.56. The van der Waals surface area contributed by atoms with Crippen molar-refractivity contribution in [1.29, 1.82) is 0 Å². The third kappa shape index (κ3) is 58.8. The topological polar surface area (TPSA) is 132 Å². The Bertz CT molecular complexity index is 1310. The highest BCUT2D eigenvalue weighted by molar-refractivity contribution is 7.48. The summed E-state index contributed by atoms with van der Waals surface area (Å²) in [6.45, 7) is 15.4. The Morgan fingerprint density at radius 1 is 0.296 bits per heavy atom. The Labute approximate surface area is 509 Å². The van der Waals surface area contributed by atoms with Gasteiger partial charge in [0.05, 0.1) is 101 Å². The van der Waals surface area contributed by atoms with Crippen molar-refractivity contribution in [2.75, 3.05) is 121 Å². The number of quaternary nitrogens is 3. The van der Waals surface area contributed by atoms with Gasteiger partial charge in [0.15, 0.2) is 0 Å². The molecule has 0 unspecified atom stereocenters. The lowest BCUT2D eigenvalue weighted by atomic mass is 10.1. The summed E-state index contributed by atoms with van der Waals surface area (Å²) in [6, 6.07) is 0. The molecule has 0 aliphatic rings. The molecule has 0 radical (unpaired) electrons. The molecule has 0 fully saturated rings. The minimum Gasteiger partial charge on any atom is -1.00 e. The van der Waals surface area contributed by atoms with Crippen LogP contribution in [0.25, 0.3) is 0 Å². The Morgan fingerprint density at radius 2 is 0.494 bits per heavy atom. The number of carbonyl (C=O) groups is 3. The first kappa shape index (κ1) is 81.8. The van der Waals surface area contributed by atoms with Gasteiger partial charge < -0.3 is 41.8 Å². The van der Waals surface area contributed by atoms with Gasteiger partial charge in [0.2, 0.25) is 17.7 Å². The van der Waals surface area contributed by atoms with Crippen LogP contribution in [0, 0.1) is 0 Å². The third-order valence-electron chi connectivity index (χ3n) is 16.3. The summed E-state index contributed by atoms with van der Waals surface area (Å²) in [6.07, 6.45) is 48.3. The van der Waals surface area contributed by atoms with Gasteiger partial charge in [-0.1, -0.05) is 194 Å². The molecular formula is C66H138ClN6O7P+2. The Balaban J connectivity index is 0. The number of halogens is 1. The first-order valence-electron chi connectivity index (χ1n) is 34.3. The van der Waals surface area contributed by atoms with E-state index in [0.29, 0.717) is 39.1 Å². The molecule has 0 aromatic carbocycles. The highest BCUT2D eigenvalue weighted by Crippen LogP contribution is 2.49. The summed E-state index contributed by atoms with van der Waals surface area (Å²) in [5.41, 5.74) is 0. The number of rotatable bonds is 63. The molecule has 0 aromatic rings. The van der Waals surface area contributed by atoms with E-state index < -0.39 is 7.82 Å². The fourth-order valence-electron chi connectivity index (χ4n) is 10.7. The second kappa shape index (κ2) is 56.5. The summed E-state index contributed by atoms with van der Waals surface area (Å²) < 4.78 is 34.8. The van der Waals surface area contributed by atoms with E-state index >= 15 is 0 Å². The lowest BCUT2D eigenvalue weighted by Gasteiger charge is -2.31. The zero-order valence-corrected chi connectivity index (χ0v) is 56.9. The number of unbranched alkanes of at least 4 members (excludes halogenated alkanes) is 30. The maximum atomic E-state index is 14.2. The number of hydrogen-bond donors (Lipinski definition) is 3. The third-order valence-corrected chi connectivity index (χ3v) is 17.8. The zero-order valence-electron chi connectivity index (χ0n) is 55.2. The second-order valence-corrected chi connectivity index (χ2v) is 27.8. The van der Waals surface area contributed by atoms with Crippen molar-refractivity contribution in [1.82, 2.24) is 16.0 Å². The normalized spacial score (nSPS) is 12.2. The van der Waals surface area contributed by atoms with Gasteiger partial charge in [0.25, 0.3) is 0 Å². The Kier molecular flexibility index (Phi) is 57.0. The molecule has 0 atom stereocenters. The van der Waals surface area contributed by atoms with Crippen molar-refractivity contribution in [2.45, 2.75) is 290 Å². The molecule has 0 saturated carbocycles. The molecule has 0 aliphatic carbocycles.